The van der Waals surface area contributed by atoms with E-state index in [-0.39, 0.29) is 13.2 Å². The van der Waals surface area contributed by atoms with Crippen LogP contribution < -0.4 is 43.4 Å². The Bertz CT molecular complexity index is 1380. The zero-order valence-electron chi connectivity index (χ0n) is 23.0. The van der Waals surface area contributed by atoms with Crippen LogP contribution in [0.15, 0.2) is 48.5 Å². The first-order valence-electron chi connectivity index (χ1n) is 13.4. The van der Waals surface area contributed by atoms with Gasteiger partial charge < -0.3 is 53.6 Å². The Morgan fingerprint density at radius 2 is 1.07 bits per heavy atom. The predicted molar refractivity (Wildman–Crippen MR) is 164 cm³/mol. The van der Waals surface area contributed by atoms with Gasteiger partial charge in [-0.25, -0.2) is 0 Å². The average Bonchev–Trinajstić information content (AvgIpc) is 2.99. The number of nitrogens with two attached hydrogens (primary N) is 2. The fourth-order valence-electron chi connectivity index (χ4n) is 3.65. The summed E-state index contributed by atoms with van der Waals surface area (Å²) >= 11 is 0. The van der Waals surface area contributed by atoms with Crippen LogP contribution in [-0.2, 0) is 6.42 Å². The van der Waals surface area contributed by atoms with Crippen molar-refractivity contribution in [2.24, 2.45) is 5.73 Å². The molecule has 4 aromatic rings. The number of nitrogen functional groups attached to an aromatic ring is 1. The maximum Gasteiger partial charge on any atom is 0.233 e. The SMILES string of the molecule is NCCNc1nc(NCCO)nc(Nc2ccc(CCNc3nc(NCCO)nc(Nc4cccc(N)c4)n3)cc2)n1. The zero-order chi connectivity index (χ0) is 29.6. The highest BCUT2D eigenvalue weighted by Gasteiger charge is 2.09. The Morgan fingerprint density at radius 3 is 1.60 bits per heavy atom. The molecule has 0 aliphatic rings. The normalized spacial score (nSPS) is 10.6. The topological polar surface area (TPSA) is 242 Å². The first kappa shape index (κ1) is 29.9. The van der Waals surface area contributed by atoms with Gasteiger partial charge in [-0.2, -0.15) is 29.9 Å². The molecule has 0 atom stereocenters. The maximum absolute atomic E-state index is 9.18. The van der Waals surface area contributed by atoms with Crippen LogP contribution in [0.4, 0.5) is 52.8 Å². The molecular weight excluding hydrogens is 540 g/mol. The minimum absolute atomic E-state index is 0.0489. The summed E-state index contributed by atoms with van der Waals surface area (Å²) in [5.41, 5.74) is 14.7. The van der Waals surface area contributed by atoms with E-state index in [2.05, 4.69) is 61.8 Å². The number of aromatic nitrogens is 6. The second-order valence-electron chi connectivity index (χ2n) is 8.88. The molecule has 16 nitrogen and oxygen atoms in total. The van der Waals surface area contributed by atoms with Crippen LogP contribution >= 0.6 is 0 Å². The second kappa shape index (κ2) is 15.7. The van der Waals surface area contributed by atoms with Gasteiger partial charge in [-0.05, 0) is 42.3 Å². The summed E-state index contributed by atoms with van der Waals surface area (Å²) in [7, 11) is 0. The Morgan fingerprint density at radius 1 is 0.571 bits per heavy atom. The highest BCUT2D eigenvalue weighted by atomic mass is 16.3. The molecule has 2 aromatic heterocycles. The van der Waals surface area contributed by atoms with E-state index in [0.29, 0.717) is 80.5 Å². The molecule has 0 spiro atoms. The van der Waals surface area contributed by atoms with Gasteiger partial charge in [0, 0.05) is 49.8 Å². The molecule has 0 aliphatic carbocycles. The van der Waals surface area contributed by atoms with Crippen LogP contribution in [0.3, 0.4) is 0 Å². The van der Waals surface area contributed by atoms with Crippen LogP contribution in [0, 0.1) is 0 Å². The van der Waals surface area contributed by atoms with Crippen molar-refractivity contribution in [3.63, 3.8) is 0 Å². The highest BCUT2D eigenvalue weighted by molar-refractivity contribution is 5.61. The quantitative estimate of drug-likeness (QED) is 0.0787. The van der Waals surface area contributed by atoms with E-state index in [0.717, 1.165) is 16.9 Å². The largest absolute Gasteiger partial charge is 0.399 e. The molecule has 222 valence electrons. The third-order valence-corrected chi connectivity index (χ3v) is 5.54. The number of nitrogens with zero attached hydrogens (tertiary/aromatic N) is 6. The van der Waals surface area contributed by atoms with Crippen LogP contribution in [0.2, 0.25) is 0 Å². The minimum atomic E-state index is -0.0569. The molecule has 0 aliphatic heterocycles. The summed E-state index contributed by atoms with van der Waals surface area (Å²) in [5.74, 6) is 2.11. The van der Waals surface area contributed by atoms with Gasteiger partial charge in [-0.15, -0.1) is 0 Å². The summed E-state index contributed by atoms with van der Waals surface area (Å²) in [5, 5.41) is 36.8. The summed E-state index contributed by atoms with van der Waals surface area (Å²) in [6.45, 7) is 2.02. The van der Waals surface area contributed by atoms with Gasteiger partial charge >= 0.3 is 0 Å². The predicted octanol–water partition coefficient (Wildman–Crippen LogP) is 0.960. The van der Waals surface area contributed by atoms with E-state index in [4.69, 9.17) is 16.6 Å². The van der Waals surface area contributed by atoms with Crippen molar-refractivity contribution < 1.29 is 10.2 Å². The third-order valence-electron chi connectivity index (χ3n) is 5.54. The lowest BCUT2D eigenvalue weighted by Crippen LogP contribution is -2.17. The number of hydrogen-bond donors (Lipinski definition) is 10. The van der Waals surface area contributed by atoms with Crippen LogP contribution in [0.1, 0.15) is 5.56 Å². The molecule has 2 heterocycles. The van der Waals surface area contributed by atoms with Crippen molar-refractivity contribution in [1.82, 2.24) is 29.9 Å². The summed E-state index contributed by atoms with van der Waals surface area (Å²) in [4.78, 5) is 26.2. The van der Waals surface area contributed by atoms with Gasteiger partial charge in [0.2, 0.25) is 35.7 Å². The molecule has 12 N–H and O–H groups in total. The van der Waals surface area contributed by atoms with Crippen molar-refractivity contribution in [2.75, 3.05) is 83.6 Å². The van der Waals surface area contributed by atoms with Crippen molar-refractivity contribution in [3.8, 4) is 0 Å². The van der Waals surface area contributed by atoms with Gasteiger partial charge in [0.05, 0.1) is 13.2 Å². The number of aliphatic hydroxyl groups is 2. The van der Waals surface area contributed by atoms with Crippen LogP contribution in [0.25, 0.3) is 0 Å². The highest BCUT2D eigenvalue weighted by Crippen LogP contribution is 2.19. The lowest BCUT2D eigenvalue weighted by molar-refractivity contribution is 0.310. The number of benzene rings is 2. The standard InChI is InChI=1S/C26H36N14O2/c27-9-11-30-22-36-24(32-13-15-42)39-25(38-22)33-19-6-4-17(5-7-19)8-10-29-21-35-23(31-12-14-41)40-26(37-21)34-20-3-1-2-18(28)16-20/h1-7,16,41-42H,8-15,27-28H2,(H3,29,31,34,35,37,40)(H3,30,32,33,36,38,39). The molecule has 16 heteroatoms. The molecular formula is C26H36N14O2. The molecule has 2 aromatic carbocycles. The van der Waals surface area contributed by atoms with E-state index in [1.807, 2.05) is 36.4 Å². The lowest BCUT2D eigenvalue weighted by Gasteiger charge is -2.12. The number of hydrogen-bond acceptors (Lipinski definition) is 16. The molecule has 0 fully saturated rings. The molecule has 4 rings (SSSR count). The Labute approximate surface area is 242 Å². The van der Waals surface area contributed by atoms with Gasteiger partial charge in [0.1, 0.15) is 0 Å². The Kier molecular flexibility index (Phi) is 11.1. The second-order valence-corrected chi connectivity index (χ2v) is 8.88. The maximum atomic E-state index is 9.18. The number of anilines is 9. The summed E-state index contributed by atoms with van der Waals surface area (Å²) < 4.78 is 0. The Balaban J connectivity index is 1.36. The van der Waals surface area contributed by atoms with Crippen molar-refractivity contribution in [3.05, 3.63) is 54.1 Å². The van der Waals surface area contributed by atoms with E-state index < -0.39 is 0 Å². The van der Waals surface area contributed by atoms with Gasteiger partial charge in [-0.3, -0.25) is 0 Å². The minimum Gasteiger partial charge on any atom is -0.399 e. The molecule has 0 saturated heterocycles. The lowest BCUT2D eigenvalue weighted by atomic mass is 10.1. The van der Waals surface area contributed by atoms with E-state index in [1.165, 1.54) is 0 Å². The first-order chi connectivity index (χ1) is 20.5. The Hall–Kier alpha value is -5.06. The number of aliphatic hydroxyl groups excluding tert-OH is 2. The van der Waals surface area contributed by atoms with Gasteiger partial charge in [-0.1, -0.05) is 18.2 Å². The van der Waals surface area contributed by atoms with Crippen molar-refractivity contribution >= 4 is 52.8 Å². The molecule has 0 unspecified atom stereocenters. The molecule has 42 heavy (non-hydrogen) atoms. The smallest absolute Gasteiger partial charge is 0.233 e. The van der Waals surface area contributed by atoms with Crippen molar-refractivity contribution in [2.45, 2.75) is 6.42 Å². The van der Waals surface area contributed by atoms with Crippen molar-refractivity contribution in [1.29, 1.82) is 0 Å². The van der Waals surface area contributed by atoms with Gasteiger partial charge in [0.15, 0.2) is 0 Å². The van der Waals surface area contributed by atoms with E-state index >= 15 is 0 Å². The monoisotopic (exact) mass is 576 g/mol. The fourth-order valence-corrected chi connectivity index (χ4v) is 3.65. The van der Waals surface area contributed by atoms with E-state index in [9.17, 15) is 5.11 Å². The number of nitrogens with one attached hydrogen (secondary N) is 6. The number of rotatable bonds is 17. The van der Waals surface area contributed by atoms with Gasteiger partial charge in [0.25, 0.3) is 0 Å². The first-order valence-corrected chi connectivity index (χ1v) is 13.4. The fraction of sp³-hybridized carbons (Fsp3) is 0.308. The zero-order valence-corrected chi connectivity index (χ0v) is 23.0. The molecule has 0 amide bonds. The third kappa shape index (κ3) is 9.54. The summed E-state index contributed by atoms with van der Waals surface area (Å²) in [6, 6.07) is 15.1. The van der Waals surface area contributed by atoms with Crippen LogP contribution in [-0.4, -0.2) is 86.1 Å². The molecule has 0 bridgehead atoms. The van der Waals surface area contributed by atoms with E-state index in [1.54, 1.807) is 12.1 Å². The van der Waals surface area contributed by atoms with Crippen LogP contribution in [0.5, 0.6) is 0 Å². The molecule has 0 saturated carbocycles. The summed E-state index contributed by atoms with van der Waals surface area (Å²) in [6.07, 6.45) is 0.706. The molecule has 0 radical (unpaired) electrons. The average molecular weight is 577 g/mol.